The van der Waals surface area contributed by atoms with E-state index in [1.165, 1.54) is 25.0 Å². The van der Waals surface area contributed by atoms with Gasteiger partial charge in [0, 0.05) is 24.7 Å². The summed E-state index contributed by atoms with van der Waals surface area (Å²) in [6.07, 6.45) is 0.00174. The molecule has 1 fully saturated rings. The van der Waals surface area contributed by atoms with E-state index in [1.54, 1.807) is 12.1 Å². The minimum atomic E-state index is -2.40. The number of halogens is 2. The van der Waals surface area contributed by atoms with Crippen LogP contribution in [-0.2, 0) is 0 Å². The number of hydrogen-bond donors (Lipinski definition) is 1. The molecule has 0 aromatic heterocycles. The van der Waals surface area contributed by atoms with Crippen molar-refractivity contribution < 1.29 is 8.78 Å². The third-order valence-corrected chi connectivity index (χ3v) is 4.13. The predicted octanol–water partition coefficient (Wildman–Crippen LogP) is 3.36. The van der Waals surface area contributed by atoms with Crippen molar-refractivity contribution in [1.29, 1.82) is 0 Å². The molecule has 1 saturated heterocycles. The van der Waals surface area contributed by atoms with Gasteiger partial charge in [0.1, 0.15) is 0 Å². The molecular formula is C15H22F2N2. The predicted molar refractivity (Wildman–Crippen MR) is 73.2 cm³/mol. The van der Waals surface area contributed by atoms with Crippen molar-refractivity contribution >= 4 is 0 Å². The van der Waals surface area contributed by atoms with E-state index in [0.29, 0.717) is 6.54 Å². The first-order chi connectivity index (χ1) is 9.15. The minimum Gasteiger partial charge on any atom is -0.329 e. The number of nitrogens with zero attached hydrogens (tertiary/aromatic N) is 1. The Labute approximate surface area is 113 Å². The maximum atomic E-state index is 12.5. The summed E-state index contributed by atoms with van der Waals surface area (Å²) in [5.41, 5.74) is 7.00. The number of rotatable bonds is 5. The molecule has 0 radical (unpaired) electrons. The van der Waals surface area contributed by atoms with Crippen LogP contribution < -0.4 is 5.73 Å². The highest BCUT2D eigenvalue weighted by molar-refractivity contribution is 5.26. The highest BCUT2D eigenvalue weighted by Crippen LogP contribution is 2.29. The Morgan fingerprint density at radius 3 is 2.37 bits per heavy atom. The Balaban J connectivity index is 2.09. The molecule has 2 rings (SSSR count). The lowest BCUT2D eigenvalue weighted by Gasteiger charge is -2.27. The summed E-state index contributed by atoms with van der Waals surface area (Å²) in [5.74, 6) is 0.745. The summed E-state index contributed by atoms with van der Waals surface area (Å²) in [4.78, 5) is 2.38. The largest absolute Gasteiger partial charge is 0.329 e. The second-order valence-electron chi connectivity index (χ2n) is 5.28. The average molecular weight is 268 g/mol. The molecule has 1 aliphatic rings. The Kier molecular flexibility index (Phi) is 4.88. The minimum absolute atomic E-state index is 0.0763. The monoisotopic (exact) mass is 268 g/mol. The second kappa shape index (κ2) is 6.44. The zero-order chi connectivity index (χ0) is 13.8. The molecule has 2 atom stereocenters. The molecule has 106 valence electrons. The average Bonchev–Trinajstić information content (AvgIpc) is 2.89. The molecule has 4 heteroatoms. The summed E-state index contributed by atoms with van der Waals surface area (Å²) in [6.45, 7) is 4.86. The second-order valence-corrected chi connectivity index (χ2v) is 5.28. The van der Waals surface area contributed by atoms with Crippen LogP contribution in [0.2, 0.25) is 0 Å². The lowest BCUT2D eigenvalue weighted by atomic mass is 10.0. The molecule has 0 amide bonds. The Morgan fingerprint density at radius 2 is 1.89 bits per heavy atom. The van der Waals surface area contributed by atoms with Crippen molar-refractivity contribution in [3.63, 3.8) is 0 Å². The number of likely N-dealkylation sites (tertiary alicyclic amines) is 1. The normalized spacial score (nSPS) is 22.1. The fraction of sp³-hybridized carbons (Fsp3) is 0.600. The molecule has 1 aromatic rings. The van der Waals surface area contributed by atoms with Gasteiger partial charge in [-0.1, -0.05) is 37.6 Å². The Hall–Kier alpha value is -1.00. The van der Waals surface area contributed by atoms with E-state index in [2.05, 4.69) is 11.8 Å². The molecule has 2 N–H and O–H groups in total. The van der Waals surface area contributed by atoms with Gasteiger partial charge in [0.25, 0.3) is 6.43 Å². The zero-order valence-electron chi connectivity index (χ0n) is 11.4. The molecule has 0 spiro atoms. The van der Waals surface area contributed by atoms with E-state index in [9.17, 15) is 8.78 Å². The van der Waals surface area contributed by atoms with Crippen LogP contribution in [0.4, 0.5) is 8.78 Å². The van der Waals surface area contributed by atoms with Crippen LogP contribution >= 0.6 is 0 Å². The van der Waals surface area contributed by atoms with Crippen molar-refractivity contribution in [3.05, 3.63) is 35.4 Å². The Bertz CT molecular complexity index is 392. The first kappa shape index (κ1) is 14.4. The summed E-state index contributed by atoms with van der Waals surface area (Å²) in [7, 11) is 0. The standard InChI is InChI=1S/C15H22F2N2/c1-2-11-7-8-19(10-11)14(9-18)12-3-5-13(6-4-12)15(16)17/h3-6,11,14-15H,2,7-10,18H2,1H3. The van der Waals surface area contributed by atoms with Gasteiger partial charge in [-0.25, -0.2) is 8.78 Å². The molecule has 19 heavy (non-hydrogen) atoms. The van der Waals surface area contributed by atoms with Gasteiger partial charge in [-0.15, -0.1) is 0 Å². The molecule has 2 unspecified atom stereocenters. The van der Waals surface area contributed by atoms with E-state index in [0.717, 1.165) is 24.6 Å². The summed E-state index contributed by atoms with van der Waals surface area (Å²) < 4.78 is 25.1. The molecule has 0 bridgehead atoms. The van der Waals surface area contributed by atoms with Crippen LogP contribution in [0.3, 0.4) is 0 Å². The van der Waals surface area contributed by atoms with Crippen molar-refractivity contribution in [2.24, 2.45) is 11.7 Å². The number of hydrogen-bond acceptors (Lipinski definition) is 2. The number of nitrogens with two attached hydrogens (primary N) is 1. The molecule has 1 aliphatic heterocycles. The van der Waals surface area contributed by atoms with E-state index < -0.39 is 6.43 Å². The first-order valence-corrected chi connectivity index (χ1v) is 6.97. The van der Waals surface area contributed by atoms with Gasteiger partial charge in [0.05, 0.1) is 0 Å². The molecule has 1 heterocycles. The smallest absolute Gasteiger partial charge is 0.263 e. The number of alkyl halides is 2. The van der Waals surface area contributed by atoms with E-state index >= 15 is 0 Å². The van der Waals surface area contributed by atoms with Gasteiger partial charge >= 0.3 is 0 Å². The van der Waals surface area contributed by atoms with Crippen LogP contribution in [0.1, 0.15) is 43.4 Å². The van der Waals surface area contributed by atoms with Gasteiger partial charge in [0.15, 0.2) is 0 Å². The maximum Gasteiger partial charge on any atom is 0.263 e. The number of benzene rings is 1. The lowest BCUT2D eigenvalue weighted by molar-refractivity contribution is 0.151. The van der Waals surface area contributed by atoms with Crippen LogP contribution in [0, 0.1) is 5.92 Å². The molecular weight excluding hydrogens is 246 g/mol. The fourth-order valence-electron chi connectivity index (χ4n) is 2.84. The van der Waals surface area contributed by atoms with Crippen molar-refractivity contribution in [2.75, 3.05) is 19.6 Å². The summed E-state index contributed by atoms with van der Waals surface area (Å²) >= 11 is 0. The third kappa shape index (κ3) is 3.31. The topological polar surface area (TPSA) is 29.3 Å². The van der Waals surface area contributed by atoms with Crippen molar-refractivity contribution in [3.8, 4) is 0 Å². The highest BCUT2D eigenvalue weighted by Gasteiger charge is 2.27. The van der Waals surface area contributed by atoms with Gasteiger partial charge in [-0.05, 0) is 24.4 Å². The van der Waals surface area contributed by atoms with Crippen LogP contribution in [0.15, 0.2) is 24.3 Å². The SMILES string of the molecule is CCC1CCN(C(CN)c2ccc(C(F)F)cc2)C1. The van der Waals surface area contributed by atoms with Gasteiger partial charge in [-0.2, -0.15) is 0 Å². The lowest BCUT2D eigenvalue weighted by Crippen LogP contribution is -2.32. The van der Waals surface area contributed by atoms with E-state index in [4.69, 9.17) is 5.73 Å². The zero-order valence-corrected chi connectivity index (χ0v) is 11.4. The first-order valence-electron chi connectivity index (χ1n) is 6.97. The van der Waals surface area contributed by atoms with E-state index in [1.807, 2.05) is 0 Å². The quantitative estimate of drug-likeness (QED) is 0.887. The molecule has 0 saturated carbocycles. The summed E-state index contributed by atoms with van der Waals surface area (Å²) in [6, 6.07) is 6.76. The van der Waals surface area contributed by atoms with Gasteiger partial charge in [-0.3, -0.25) is 4.90 Å². The highest BCUT2D eigenvalue weighted by atomic mass is 19.3. The summed E-state index contributed by atoms with van der Waals surface area (Å²) in [5, 5.41) is 0. The van der Waals surface area contributed by atoms with Crippen LogP contribution in [0.25, 0.3) is 0 Å². The molecule has 0 aliphatic carbocycles. The maximum absolute atomic E-state index is 12.5. The Morgan fingerprint density at radius 1 is 1.26 bits per heavy atom. The van der Waals surface area contributed by atoms with Gasteiger partial charge < -0.3 is 5.73 Å². The fourth-order valence-corrected chi connectivity index (χ4v) is 2.84. The van der Waals surface area contributed by atoms with Gasteiger partial charge in [0.2, 0.25) is 0 Å². The van der Waals surface area contributed by atoms with E-state index in [-0.39, 0.29) is 11.6 Å². The molecule has 2 nitrogen and oxygen atoms in total. The van der Waals surface area contributed by atoms with Crippen molar-refractivity contribution in [1.82, 2.24) is 4.90 Å². The third-order valence-electron chi connectivity index (χ3n) is 4.13. The van der Waals surface area contributed by atoms with Crippen molar-refractivity contribution in [2.45, 2.75) is 32.2 Å². The van der Waals surface area contributed by atoms with Crippen LogP contribution in [0.5, 0.6) is 0 Å². The molecule has 1 aromatic carbocycles. The van der Waals surface area contributed by atoms with Crippen LogP contribution in [-0.4, -0.2) is 24.5 Å².